The zero-order valence-electron chi connectivity index (χ0n) is 17.6. The Kier molecular flexibility index (Phi) is 6.29. The number of hydrogen-bond donors (Lipinski definition) is 1. The number of piperazine rings is 1. The van der Waals surface area contributed by atoms with Gasteiger partial charge in [0, 0.05) is 37.9 Å². The van der Waals surface area contributed by atoms with Crippen molar-refractivity contribution in [1.82, 2.24) is 14.9 Å². The van der Waals surface area contributed by atoms with Crippen molar-refractivity contribution in [2.24, 2.45) is 0 Å². The summed E-state index contributed by atoms with van der Waals surface area (Å²) in [6.07, 6.45) is 1.49. The standard InChI is InChI=1S/C22H31N5O/c1-15(2)17-7-6-8-18(16(3)4)21(17)25-22(28)19-13-20(24-14-23-19)27-11-9-26(5)10-12-27/h6-8,13-16H,9-12H2,1-5H3,(H,25,28). The van der Waals surface area contributed by atoms with E-state index < -0.39 is 0 Å². The van der Waals surface area contributed by atoms with Crippen LogP contribution in [0.3, 0.4) is 0 Å². The van der Waals surface area contributed by atoms with Gasteiger partial charge in [0.1, 0.15) is 17.8 Å². The molecule has 6 nitrogen and oxygen atoms in total. The first kappa shape index (κ1) is 20.3. The van der Waals surface area contributed by atoms with Crippen molar-refractivity contribution in [3.8, 4) is 0 Å². The van der Waals surface area contributed by atoms with Gasteiger partial charge in [0.25, 0.3) is 5.91 Å². The van der Waals surface area contributed by atoms with Crippen LogP contribution in [0.5, 0.6) is 0 Å². The molecule has 2 aromatic rings. The van der Waals surface area contributed by atoms with Gasteiger partial charge in [-0.2, -0.15) is 0 Å². The van der Waals surface area contributed by atoms with Gasteiger partial charge in [-0.1, -0.05) is 45.9 Å². The second-order valence-corrected chi connectivity index (χ2v) is 8.13. The molecular formula is C22H31N5O. The van der Waals surface area contributed by atoms with Crippen LogP contribution in [0.1, 0.15) is 61.1 Å². The number of nitrogens with zero attached hydrogens (tertiary/aromatic N) is 4. The first-order valence-corrected chi connectivity index (χ1v) is 10.1. The predicted molar refractivity (Wildman–Crippen MR) is 114 cm³/mol. The lowest BCUT2D eigenvalue weighted by molar-refractivity contribution is 0.102. The van der Waals surface area contributed by atoms with Crippen LogP contribution in [-0.2, 0) is 0 Å². The normalized spacial score (nSPS) is 15.3. The molecule has 3 rings (SSSR count). The number of hydrogen-bond acceptors (Lipinski definition) is 5. The molecule has 0 radical (unpaired) electrons. The smallest absolute Gasteiger partial charge is 0.274 e. The van der Waals surface area contributed by atoms with E-state index in [1.165, 1.54) is 6.33 Å². The summed E-state index contributed by atoms with van der Waals surface area (Å²) in [5.74, 6) is 1.27. The molecule has 0 atom stereocenters. The van der Waals surface area contributed by atoms with Gasteiger partial charge in [-0.15, -0.1) is 0 Å². The maximum absolute atomic E-state index is 13.0. The summed E-state index contributed by atoms with van der Waals surface area (Å²) in [5, 5.41) is 3.14. The molecule has 0 bridgehead atoms. The van der Waals surface area contributed by atoms with E-state index in [-0.39, 0.29) is 5.91 Å². The largest absolute Gasteiger partial charge is 0.354 e. The zero-order valence-corrected chi connectivity index (χ0v) is 17.6. The van der Waals surface area contributed by atoms with Crippen LogP contribution in [0.4, 0.5) is 11.5 Å². The first-order valence-electron chi connectivity index (χ1n) is 10.1. The number of carbonyl (C=O) groups excluding carboxylic acids is 1. The highest BCUT2D eigenvalue weighted by molar-refractivity contribution is 6.04. The highest BCUT2D eigenvalue weighted by Crippen LogP contribution is 2.32. The van der Waals surface area contributed by atoms with Crippen molar-refractivity contribution in [2.75, 3.05) is 43.4 Å². The van der Waals surface area contributed by atoms with Crippen LogP contribution in [0, 0.1) is 0 Å². The number of aromatic nitrogens is 2. The number of amides is 1. The molecule has 150 valence electrons. The number of para-hydroxylation sites is 1. The maximum atomic E-state index is 13.0. The Morgan fingerprint density at radius 3 is 2.18 bits per heavy atom. The Balaban J connectivity index is 1.85. The fourth-order valence-electron chi connectivity index (χ4n) is 3.55. The molecule has 1 saturated heterocycles. The molecule has 0 spiro atoms. The Bertz CT molecular complexity index is 799. The summed E-state index contributed by atoms with van der Waals surface area (Å²) in [6, 6.07) is 8.04. The number of rotatable bonds is 5. The van der Waals surface area contributed by atoms with Crippen LogP contribution < -0.4 is 10.2 Å². The van der Waals surface area contributed by atoms with E-state index in [1.807, 2.05) is 0 Å². The molecular weight excluding hydrogens is 350 g/mol. The third-order valence-corrected chi connectivity index (χ3v) is 5.32. The molecule has 6 heteroatoms. The second-order valence-electron chi connectivity index (χ2n) is 8.13. The van der Waals surface area contributed by atoms with E-state index >= 15 is 0 Å². The minimum Gasteiger partial charge on any atom is -0.354 e. The predicted octanol–water partition coefficient (Wildman–Crippen LogP) is 3.73. The summed E-state index contributed by atoms with van der Waals surface area (Å²) < 4.78 is 0. The van der Waals surface area contributed by atoms with Gasteiger partial charge in [0.05, 0.1) is 0 Å². The van der Waals surface area contributed by atoms with Crippen molar-refractivity contribution in [3.63, 3.8) is 0 Å². The first-order chi connectivity index (χ1) is 13.4. The van der Waals surface area contributed by atoms with Crippen LogP contribution in [-0.4, -0.2) is 54.0 Å². The summed E-state index contributed by atoms with van der Waals surface area (Å²) in [7, 11) is 2.12. The van der Waals surface area contributed by atoms with Crippen molar-refractivity contribution in [2.45, 2.75) is 39.5 Å². The van der Waals surface area contributed by atoms with Gasteiger partial charge in [0.2, 0.25) is 0 Å². The summed E-state index contributed by atoms with van der Waals surface area (Å²) in [5.41, 5.74) is 3.61. The number of anilines is 2. The highest BCUT2D eigenvalue weighted by Gasteiger charge is 2.20. The minimum absolute atomic E-state index is 0.187. The maximum Gasteiger partial charge on any atom is 0.274 e. The monoisotopic (exact) mass is 381 g/mol. The number of benzene rings is 1. The van der Waals surface area contributed by atoms with Gasteiger partial charge in [-0.05, 0) is 30.0 Å². The van der Waals surface area contributed by atoms with Crippen LogP contribution in [0.25, 0.3) is 0 Å². The Morgan fingerprint density at radius 2 is 1.61 bits per heavy atom. The van der Waals surface area contributed by atoms with Crippen LogP contribution in [0.15, 0.2) is 30.6 Å². The van der Waals surface area contributed by atoms with Gasteiger partial charge in [0.15, 0.2) is 0 Å². The highest BCUT2D eigenvalue weighted by atomic mass is 16.1. The summed E-state index contributed by atoms with van der Waals surface area (Å²) >= 11 is 0. The molecule has 28 heavy (non-hydrogen) atoms. The molecule has 1 fully saturated rings. The van der Waals surface area contributed by atoms with Gasteiger partial charge < -0.3 is 15.1 Å². The molecule has 1 aromatic heterocycles. The lowest BCUT2D eigenvalue weighted by Gasteiger charge is -2.33. The third-order valence-electron chi connectivity index (χ3n) is 5.32. The number of likely N-dealkylation sites (N-methyl/N-ethyl adjacent to an activating group) is 1. The molecule has 2 heterocycles. The van der Waals surface area contributed by atoms with E-state index in [0.717, 1.165) is 48.8 Å². The summed E-state index contributed by atoms with van der Waals surface area (Å²) in [6.45, 7) is 12.4. The van der Waals surface area contributed by atoms with Gasteiger partial charge >= 0.3 is 0 Å². The van der Waals surface area contributed by atoms with E-state index in [4.69, 9.17) is 0 Å². The Hall–Kier alpha value is -2.47. The van der Waals surface area contributed by atoms with Gasteiger partial charge in [-0.25, -0.2) is 9.97 Å². The molecule has 1 amide bonds. The fraction of sp³-hybridized carbons (Fsp3) is 0.500. The molecule has 1 N–H and O–H groups in total. The molecule has 0 saturated carbocycles. The molecule has 0 aliphatic carbocycles. The summed E-state index contributed by atoms with van der Waals surface area (Å²) in [4.78, 5) is 26.1. The lowest BCUT2D eigenvalue weighted by Crippen LogP contribution is -2.44. The fourth-order valence-corrected chi connectivity index (χ4v) is 3.55. The van der Waals surface area contributed by atoms with Crippen LogP contribution >= 0.6 is 0 Å². The topological polar surface area (TPSA) is 61.4 Å². The van der Waals surface area contributed by atoms with E-state index in [1.54, 1.807) is 6.07 Å². The SMILES string of the molecule is CC(C)c1cccc(C(C)C)c1NC(=O)c1cc(N2CCN(C)CC2)ncn1. The van der Waals surface area contributed by atoms with Crippen molar-refractivity contribution in [1.29, 1.82) is 0 Å². The quantitative estimate of drug-likeness (QED) is 0.855. The molecule has 1 aliphatic heterocycles. The zero-order chi connectivity index (χ0) is 20.3. The molecule has 1 aromatic carbocycles. The Morgan fingerprint density at radius 1 is 1.00 bits per heavy atom. The lowest BCUT2D eigenvalue weighted by atomic mass is 9.92. The average molecular weight is 382 g/mol. The van der Waals surface area contributed by atoms with Crippen LogP contribution in [0.2, 0.25) is 0 Å². The van der Waals surface area contributed by atoms with Gasteiger partial charge in [-0.3, -0.25) is 4.79 Å². The Labute approximate surface area is 168 Å². The van der Waals surface area contributed by atoms with Crippen molar-refractivity contribution >= 4 is 17.4 Å². The third kappa shape index (κ3) is 4.50. The average Bonchev–Trinajstić information content (AvgIpc) is 2.68. The number of nitrogens with one attached hydrogen (secondary N) is 1. The van der Waals surface area contributed by atoms with Crippen molar-refractivity contribution in [3.05, 3.63) is 47.4 Å². The molecule has 0 unspecified atom stereocenters. The van der Waals surface area contributed by atoms with E-state index in [2.05, 4.69) is 78.0 Å². The van der Waals surface area contributed by atoms with E-state index in [0.29, 0.717) is 17.5 Å². The minimum atomic E-state index is -0.187. The van der Waals surface area contributed by atoms with Crippen molar-refractivity contribution < 1.29 is 4.79 Å². The molecule has 1 aliphatic rings. The second kappa shape index (κ2) is 8.69. The van der Waals surface area contributed by atoms with E-state index in [9.17, 15) is 4.79 Å². The number of carbonyl (C=O) groups is 1.